The first kappa shape index (κ1) is 13.2. The molecule has 1 aromatic carbocycles. The predicted molar refractivity (Wildman–Crippen MR) is 77.3 cm³/mol. The number of aromatic nitrogens is 3. The van der Waals surface area contributed by atoms with Crippen LogP contribution in [0.2, 0.25) is 0 Å². The molecule has 2 aromatic heterocycles. The van der Waals surface area contributed by atoms with Crippen LogP contribution in [0.4, 0.5) is 4.39 Å². The summed E-state index contributed by atoms with van der Waals surface area (Å²) in [7, 11) is 0. The Labute approximate surface area is 120 Å². The summed E-state index contributed by atoms with van der Waals surface area (Å²) < 4.78 is 12.9. The molecule has 0 amide bonds. The van der Waals surface area contributed by atoms with Crippen molar-refractivity contribution in [2.45, 2.75) is 6.42 Å². The Balaban J connectivity index is 1.96. The molecule has 0 atom stereocenters. The normalized spacial score (nSPS) is 10.5. The number of nitrogens with zero attached hydrogens (tertiary/aromatic N) is 2. The quantitative estimate of drug-likeness (QED) is 0.802. The molecular formula is C16H12FN3O. The summed E-state index contributed by atoms with van der Waals surface area (Å²) in [6, 6.07) is 11.4. The molecule has 21 heavy (non-hydrogen) atoms. The second-order valence-electron chi connectivity index (χ2n) is 4.65. The summed E-state index contributed by atoms with van der Waals surface area (Å²) in [5, 5.41) is 6.50. The number of benzene rings is 1. The maximum atomic E-state index is 12.9. The van der Waals surface area contributed by atoms with Gasteiger partial charge in [-0.05, 0) is 48.0 Å². The molecule has 0 aliphatic heterocycles. The van der Waals surface area contributed by atoms with Crippen molar-refractivity contribution in [2.24, 2.45) is 0 Å². The Morgan fingerprint density at radius 2 is 1.76 bits per heavy atom. The van der Waals surface area contributed by atoms with Gasteiger partial charge in [0.1, 0.15) is 5.82 Å². The van der Waals surface area contributed by atoms with Crippen LogP contribution >= 0.6 is 0 Å². The van der Waals surface area contributed by atoms with Crippen molar-refractivity contribution in [2.75, 3.05) is 0 Å². The van der Waals surface area contributed by atoms with Gasteiger partial charge in [0.15, 0.2) is 0 Å². The van der Waals surface area contributed by atoms with Gasteiger partial charge in [-0.25, -0.2) is 9.49 Å². The first-order chi connectivity index (χ1) is 10.2. The number of pyridine rings is 1. The molecule has 0 saturated heterocycles. The van der Waals surface area contributed by atoms with Gasteiger partial charge in [0, 0.05) is 29.9 Å². The zero-order valence-electron chi connectivity index (χ0n) is 11.1. The molecule has 0 aliphatic carbocycles. The molecule has 3 rings (SSSR count). The molecule has 0 aliphatic rings. The summed E-state index contributed by atoms with van der Waals surface area (Å²) in [5.41, 5.74) is 2.74. The van der Waals surface area contributed by atoms with E-state index in [2.05, 4.69) is 15.2 Å². The SMILES string of the molecule is O=c1[nH]nc(-c2ccc(F)cc2)cc1Cc1ccncc1. The van der Waals surface area contributed by atoms with E-state index >= 15 is 0 Å². The fraction of sp³-hybridized carbons (Fsp3) is 0.0625. The highest BCUT2D eigenvalue weighted by molar-refractivity contribution is 5.59. The molecule has 5 heteroatoms. The monoisotopic (exact) mass is 281 g/mol. The summed E-state index contributed by atoms with van der Waals surface area (Å²) >= 11 is 0. The highest BCUT2D eigenvalue weighted by Gasteiger charge is 2.06. The largest absolute Gasteiger partial charge is 0.268 e. The number of rotatable bonds is 3. The van der Waals surface area contributed by atoms with Crippen molar-refractivity contribution < 1.29 is 4.39 Å². The van der Waals surface area contributed by atoms with E-state index in [1.54, 1.807) is 30.6 Å². The zero-order valence-corrected chi connectivity index (χ0v) is 11.1. The summed E-state index contributed by atoms with van der Waals surface area (Å²) in [5.74, 6) is -0.305. The van der Waals surface area contributed by atoms with Crippen LogP contribution in [-0.4, -0.2) is 15.2 Å². The van der Waals surface area contributed by atoms with Crippen LogP contribution in [0.25, 0.3) is 11.3 Å². The van der Waals surface area contributed by atoms with Crippen molar-refractivity contribution in [3.63, 3.8) is 0 Å². The van der Waals surface area contributed by atoms with E-state index < -0.39 is 0 Å². The van der Waals surface area contributed by atoms with Gasteiger partial charge in [0.05, 0.1) is 5.69 Å². The summed E-state index contributed by atoms with van der Waals surface area (Å²) in [4.78, 5) is 15.8. The molecule has 0 unspecified atom stereocenters. The molecule has 0 saturated carbocycles. The van der Waals surface area contributed by atoms with E-state index in [1.807, 2.05) is 12.1 Å². The Morgan fingerprint density at radius 3 is 2.48 bits per heavy atom. The lowest BCUT2D eigenvalue weighted by Gasteiger charge is -2.04. The van der Waals surface area contributed by atoms with Crippen LogP contribution in [0, 0.1) is 5.82 Å². The molecule has 4 nitrogen and oxygen atoms in total. The molecular weight excluding hydrogens is 269 g/mol. The van der Waals surface area contributed by atoms with Gasteiger partial charge in [0.2, 0.25) is 0 Å². The lowest BCUT2D eigenvalue weighted by Crippen LogP contribution is -2.15. The van der Waals surface area contributed by atoms with Crippen LogP contribution in [0.15, 0.2) is 59.7 Å². The molecule has 104 valence electrons. The van der Waals surface area contributed by atoms with Crippen molar-refractivity contribution in [3.05, 3.63) is 82.2 Å². The van der Waals surface area contributed by atoms with E-state index in [1.165, 1.54) is 12.1 Å². The second kappa shape index (κ2) is 5.66. The Bertz CT molecular complexity index is 798. The highest BCUT2D eigenvalue weighted by atomic mass is 19.1. The van der Waals surface area contributed by atoms with Crippen molar-refractivity contribution in [1.82, 2.24) is 15.2 Å². The van der Waals surface area contributed by atoms with Crippen molar-refractivity contribution >= 4 is 0 Å². The fourth-order valence-corrected chi connectivity index (χ4v) is 2.07. The van der Waals surface area contributed by atoms with Gasteiger partial charge >= 0.3 is 0 Å². The van der Waals surface area contributed by atoms with Crippen molar-refractivity contribution in [3.8, 4) is 11.3 Å². The number of H-pyrrole nitrogens is 1. The topological polar surface area (TPSA) is 58.6 Å². The Morgan fingerprint density at radius 1 is 1.05 bits per heavy atom. The van der Waals surface area contributed by atoms with E-state index in [4.69, 9.17) is 0 Å². The standard InChI is InChI=1S/C16H12FN3O/c17-14-3-1-12(2-4-14)15-10-13(16(21)20-19-15)9-11-5-7-18-8-6-11/h1-8,10H,9H2,(H,20,21). The van der Waals surface area contributed by atoms with Gasteiger partial charge < -0.3 is 0 Å². The highest BCUT2D eigenvalue weighted by Crippen LogP contribution is 2.17. The lowest BCUT2D eigenvalue weighted by molar-refractivity contribution is 0.628. The molecule has 3 aromatic rings. The van der Waals surface area contributed by atoms with E-state index in [0.717, 1.165) is 11.1 Å². The second-order valence-corrected chi connectivity index (χ2v) is 4.65. The van der Waals surface area contributed by atoms with Gasteiger partial charge in [0.25, 0.3) is 5.56 Å². The van der Waals surface area contributed by atoms with Gasteiger partial charge in [-0.1, -0.05) is 0 Å². The van der Waals surface area contributed by atoms with Crippen LogP contribution in [0.3, 0.4) is 0 Å². The zero-order chi connectivity index (χ0) is 14.7. The minimum atomic E-state index is -0.305. The Kier molecular flexibility index (Phi) is 3.55. The predicted octanol–water partition coefficient (Wildman–Crippen LogP) is 2.56. The molecule has 0 spiro atoms. The minimum Gasteiger partial charge on any atom is -0.268 e. The number of aromatic amines is 1. The van der Waals surface area contributed by atoms with E-state index in [0.29, 0.717) is 17.7 Å². The smallest absolute Gasteiger partial charge is 0.267 e. The fourth-order valence-electron chi connectivity index (χ4n) is 2.07. The first-order valence-corrected chi connectivity index (χ1v) is 6.46. The van der Waals surface area contributed by atoms with Gasteiger partial charge in [-0.15, -0.1) is 0 Å². The third-order valence-corrected chi connectivity index (χ3v) is 3.16. The van der Waals surface area contributed by atoms with E-state index in [-0.39, 0.29) is 11.4 Å². The summed E-state index contributed by atoms with van der Waals surface area (Å²) in [6.45, 7) is 0. The lowest BCUT2D eigenvalue weighted by atomic mass is 10.1. The molecule has 0 fully saturated rings. The molecule has 0 radical (unpaired) electrons. The van der Waals surface area contributed by atoms with Crippen LogP contribution < -0.4 is 5.56 Å². The summed E-state index contributed by atoms with van der Waals surface area (Å²) in [6.07, 6.45) is 3.87. The minimum absolute atomic E-state index is 0.224. The first-order valence-electron chi connectivity index (χ1n) is 6.46. The van der Waals surface area contributed by atoms with Gasteiger partial charge in [-0.3, -0.25) is 9.78 Å². The maximum absolute atomic E-state index is 12.9. The molecule has 2 heterocycles. The van der Waals surface area contributed by atoms with Crippen LogP contribution in [-0.2, 0) is 6.42 Å². The number of nitrogens with one attached hydrogen (secondary N) is 1. The average molecular weight is 281 g/mol. The maximum Gasteiger partial charge on any atom is 0.267 e. The van der Waals surface area contributed by atoms with Gasteiger partial charge in [-0.2, -0.15) is 5.10 Å². The third kappa shape index (κ3) is 3.02. The third-order valence-electron chi connectivity index (χ3n) is 3.16. The number of hydrogen-bond donors (Lipinski definition) is 1. The van der Waals surface area contributed by atoms with E-state index in [9.17, 15) is 9.18 Å². The van der Waals surface area contributed by atoms with Crippen LogP contribution in [0.1, 0.15) is 11.1 Å². The molecule has 1 N–H and O–H groups in total. The van der Waals surface area contributed by atoms with Crippen molar-refractivity contribution in [1.29, 1.82) is 0 Å². The Hall–Kier alpha value is -2.82. The number of hydrogen-bond acceptors (Lipinski definition) is 3. The average Bonchev–Trinajstić information content (AvgIpc) is 2.51. The van der Waals surface area contributed by atoms with Crippen LogP contribution in [0.5, 0.6) is 0 Å². The number of halogens is 1. The molecule has 0 bridgehead atoms.